The van der Waals surface area contributed by atoms with Gasteiger partial charge in [0.05, 0.1) is 18.1 Å². The summed E-state index contributed by atoms with van der Waals surface area (Å²) in [6.45, 7) is 5.37. The van der Waals surface area contributed by atoms with Crippen LogP contribution in [0.15, 0.2) is 66.5 Å². The minimum atomic E-state index is -1.22. The van der Waals surface area contributed by atoms with Gasteiger partial charge in [-0.2, -0.15) is 0 Å². The molecule has 1 amide bonds. The molecular formula is C22H24FN5O3. The van der Waals surface area contributed by atoms with Gasteiger partial charge in [-0.1, -0.05) is 39.0 Å². The van der Waals surface area contributed by atoms with Crippen LogP contribution in [0.2, 0.25) is 0 Å². The van der Waals surface area contributed by atoms with Gasteiger partial charge in [-0.3, -0.25) is 0 Å². The van der Waals surface area contributed by atoms with Crippen LogP contribution in [0.4, 0.5) is 9.18 Å². The maximum absolute atomic E-state index is 13.5. The fourth-order valence-corrected chi connectivity index (χ4v) is 3.03. The molecule has 31 heavy (non-hydrogen) atoms. The smallest absolute Gasteiger partial charge is 0.405 e. The summed E-state index contributed by atoms with van der Waals surface area (Å²) in [6, 6.07) is 15.7. The van der Waals surface area contributed by atoms with Gasteiger partial charge in [0.1, 0.15) is 12.4 Å². The van der Waals surface area contributed by atoms with Crippen LogP contribution < -0.4 is 10.1 Å². The molecule has 3 rings (SSSR count). The molecule has 0 saturated carbocycles. The molecule has 3 aromatic rings. The second-order valence-electron chi connectivity index (χ2n) is 7.98. The molecule has 0 radical (unpaired) electrons. The summed E-state index contributed by atoms with van der Waals surface area (Å²) in [6.07, 6.45) is -0.828. The van der Waals surface area contributed by atoms with Crippen molar-refractivity contribution in [3.63, 3.8) is 0 Å². The van der Waals surface area contributed by atoms with Crippen LogP contribution in [0.1, 0.15) is 20.8 Å². The molecule has 0 aliphatic rings. The zero-order valence-electron chi connectivity index (χ0n) is 17.5. The van der Waals surface area contributed by atoms with Crippen LogP contribution in [-0.4, -0.2) is 44.1 Å². The number of ether oxygens (including phenoxy) is 1. The molecule has 0 spiro atoms. The van der Waals surface area contributed by atoms with Gasteiger partial charge in [0, 0.05) is 11.1 Å². The average molecular weight is 425 g/mol. The Morgan fingerprint density at radius 2 is 1.87 bits per heavy atom. The predicted octanol–water partition coefficient (Wildman–Crippen LogP) is 4.24. The normalized spacial score (nSPS) is 13.0. The van der Waals surface area contributed by atoms with Crippen LogP contribution in [-0.2, 0) is 0 Å². The minimum Gasteiger partial charge on any atom is -0.489 e. The van der Waals surface area contributed by atoms with Crippen molar-refractivity contribution in [2.75, 3.05) is 6.61 Å². The average Bonchev–Trinajstić information content (AvgIpc) is 3.24. The van der Waals surface area contributed by atoms with E-state index in [1.54, 1.807) is 24.3 Å². The van der Waals surface area contributed by atoms with Gasteiger partial charge in [-0.15, -0.1) is 15.0 Å². The van der Waals surface area contributed by atoms with Gasteiger partial charge in [-0.25, -0.2) is 9.18 Å². The van der Waals surface area contributed by atoms with Gasteiger partial charge in [0.2, 0.25) is 5.82 Å². The molecule has 0 fully saturated rings. The Morgan fingerprint density at radius 3 is 2.45 bits per heavy atom. The monoisotopic (exact) mass is 425 g/mol. The number of para-hydroxylation sites is 1. The fraction of sp³-hybridized carbons (Fsp3) is 0.273. The summed E-state index contributed by atoms with van der Waals surface area (Å²) in [5.74, 6) is 0.958. The van der Waals surface area contributed by atoms with E-state index in [-0.39, 0.29) is 12.2 Å². The van der Waals surface area contributed by atoms with Crippen molar-refractivity contribution in [2.24, 2.45) is 5.41 Å². The maximum Gasteiger partial charge on any atom is 0.405 e. The second kappa shape index (κ2) is 9.38. The van der Waals surface area contributed by atoms with E-state index in [1.807, 2.05) is 51.1 Å². The van der Waals surface area contributed by atoms with Crippen LogP contribution in [0.5, 0.6) is 5.75 Å². The lowest BCUT2D eigenvalue weighted by Gasteiger charge is -2.32. The van der Waals surface area contributed by atoms with E-state index in [2.05, 4.69) is 20.7 Å². The summed E-state index contributed by atoms with van der Waals surface area (Å²) >= 11 is 0. The molecule has 1 aromatic heterocycles. The SMILES string of the molecule is CC(C)(C)C(NC(=O)O)/C(=C/F)COc1ccc(-c2nnn(-c3ccccc3)n2)cc1. The van der Waals surface area contributed by atoms with Gasteiger partial charge in [0.15, 0.2) is 0 Å². The Hall–Kier alpha value is -3.75. The van der Waals surface area contributed by atoms with Crippen molar-refractivity contribution in [3.8, 4) is 22.8 Å². The molecule has 0 aliphatic heterocycles. The Balaban J connectivity index is 1.68. The van der Waals surface area contributed by atoms with E-state index in [0.29, 0.717) is 17.9 Å². The molecule has 1 heterocycles. The molecule has 2 N–H and O–H groups in total. The lowest BCUT2D eigenvalue weighted by Crippen LogP contribution is -2.45. The van der Waals surface area contributed by atoms with Crippen molar-refractivity contribution in [3.05, 3.63) is 66.5 Å². The largest absolute Gasteiger partial charge is 0.489 e. The molecule has 2 aromatic carbocycles. The first-order valence-electron chi connectivity index (χ1n) is 9.65. The zero-order chi connectivity index (χ0) is 22.4. The number of amides is 1. The number of hydrogen-bond donors (Lipinski definition) is 2. The van der Waals surface area contributed by atoms with E-state index in [0.717, 1.165) is 11.3 Å². The number of hydrogen-bond acceptors (Lipinski definition) is 5. The fourth-order valence-electron chi connectivity index (χ4n) is 3.03. The number of halogens is 1. The molecule has 1 unspecified atom stereocenters. The number of carbonyl (C=O) groups is 1. The minimum absolute atomic E-state index is 0.0967. The molecular weight excluding hydrogens is 401 g/mol. The van der Waals surface area contributed by atoms with E-state index in [4.69, 9.17) is 9.84 Å². The number of nitrogens with one attached hydrogen (secondary N) is 1. The topological polar surface area (TPSA) is 102 Å². The highest BCUT2D eigenvalue weighted by Gasteiger charge is 2.30. The van der Waals surface area contributed by atoms with Crippen molar-refractivity contribution < 1.29 is 19.0 Å². The quantitative estimate of drug-likeness (QED) is 0.587. The molecule has 0 aliphatic carbocycles. The third kappa shape index (κ3) is 5.65. The van der Waals surface area contributed by atoms with Crippen LogP contribution >= 0.6 is 0 Å². The third-order valence-corrected chi connectivity index (χ3v) is 4.56. The summed E-state index contributed by atoms with van der Waals surface area (Å²) in [4.78, 5) is 12.5. The van der Waals surface area contributed by atoms with E-state index in [9.17, 15) is 9.18 Å². The van der Waals surface area contributed by atoms with Crippen LogP contribution in [0, 0.1) is 5.41 Å². The summed E-state index contributed by atoms with van der Waals surface area (Å²) in [5, 5.41) is 23.9. The Kier molecular flexibility index (Phi) is 6.64. The third-order valence-electron chi connectivity index (χ3n) is 4.56. The second-order valence-corrected chi connectivity index (χ2v) is 7.98. The lowest BCUT2D eigenvalue weighted by atomic mass is 9.82. The van der Waals surface area contributed by atoms with Crippen molar-refractivity contribution in [1.29, 1.82) is 0 Å². The first-order valence-corrected chi connectivity index (χ1v) is 9.65. The molecule has 9 heteroatoms. The highest BCUT2D eigenvalue weighted by molar-refractivity contribution is 5.65. The standard InChI is InChI=1S/C22H24FN5O3/c1-22(2,3)19(24-21(29)30)16(13-23)14-31-18-11-9-15(10-12-18)20-25-27-28(26-20)17-7-5-4-6-8-17/h4-13,19,24H,14H2,1-3H3,(H,29,30)/b16-13+. The molecule has 8 nitrogen and oxygen atoms in total. The number of aromatic nitrogens is 4. The number of rotatable bonds is 7. The van der Waals surface area contributed by atoms with Gasteiger partial charge in [-0.05, 0) is 47.0 Å². The molecule has 162 valence electrons. The van der Waals surface area contributed by atoms with Gasteiger partial charge >= 0.3 is 6.09 Å². The lowest BCUT2D eigenvalue weighted by molar-refractivity contribution is 0.177. The van der Waals surface area contributed by atoms with Crippen molar-refractivity contribution >= 4 is 6.09 Å². The number of nitrogens with zero attached hydrogens (tertiary/aromatic N) is 4. The van der Waals surface area contributed by atoms with Crippen LogP contribution in [0.3, 0.4) is 0 Å². The molecule has 0 saturated heterocycles. The Morgan fingerprint density at radius 1 is 1.19 bits per heavy atom. The van der Waals surface area contributed by atoms with Gasteiger partial charge < -0.3 is 15.2 Å². The summed E-state index contributed by atoms with van der Waals surface area (Å²) in [7, 11) is 0. The van der Waals surface area contributed by atoms with Gasteiger partial charge in [0.25, 0.3) is 0 Å². The van der Waals surface area contributed by atoms with E-state index in [1.165, 1.54) is 4.80 Å². The Labute approximate surface area is 179 Å². The van der Waals surface area contributed by atoms with Crippen LogP contribution in [0.25, 0.3) is 17.1 Å². The first-order chi connectivity index (χ1) is 14.8. The highest BCUT2D eigenvalue weighted by atomic mass is 19.1. The summed E-state index contributed by atoms with van der Waals surface area (Å²) < 4.78 is 19.2. The zero-order valence-corrected chi connectivity index (χ0v) is 17.5. The predicted molar refractivity (Wildman–Crippen MR) is 114 cm³/mol. The molecule has 0 bridgehead atoms. The van der Waals surface area contributed by atoms with E-state index < -0.39 is 17.6 Å². The maximum atomic E-state index is 13.5. The number of benzene rings is 2. The van der Waals surface area contributed by atoms with Crippen molar-refractivity contribution in [2.45, 2.75) is 26.8 Å². The Bertz CT molecular complexity index is 1040. The first kappa shape index (κ1) is 21.9. The number of carboxylic acid groups (broad SMARTS) is 1. The number of tetrazole rings is 1. The highest BCUT2D eigenvalue weighted by Crippen LogP contribution is 2.27. The van der Waals surface area contributed by atoms with E-state index >= 15 is 0 Å². The molecule has 1 atom stereocenters. The summed E-state index contributed by atoms with van der Waals surface area (Å²) in [5.41, 5.74) is 1.22. The van der Waals surface area contributed by atoms with Crippen molar-refractivity contribution in [1.82, 2.24) is 25.5 Å².